The molecule has 1 aromatic carbocycles. The lowest BCUT2D eigenvalue weighted by atomic mass is 10.2. The second-order valence-electron chi connectivity index (χ2n) is 4.95. The lowest BCUT2D eigenvalue weighted by Crippen LogP contribution is -2.31. The molecular weight excluding hydrogens is 296 g/mol. The third kappa shape index (κ3) is 4.14. The van der Waals surface area contributed by atoms with E-state index in [0.717, 1.165) is 17.1 Å². The molecule has 0 atom stereocenters. The first-order chi connectivity index (χ1) is 11.3. The summed E-state index contributed by atoms with van der Waals surface area (Å²) < 4.78 is 15.6. The highest BCUT2D eigenvalue weighted by molar-refractivity contribution is 5.91. The van der Waals surface area contributed by atoms with Crippen LogP contribution >= 0.6 is 0 Å². The molecule has 1 aliphatic heterocycles. The van der Waals surface area contributed by atoms with Crippen molar-refractivity contribution >= 4 is 12.0 Å². The van der Waals surface area contributed by atoms with E-state index in [0.29, 0.717) is 25.4 Å². The maximum Gasteiger partial charge on any atom is 0.287 e. The van der Waals surface area contributed by atoms with Crippen molar-refractivity contribution in [3.8, 4) is 11.5 Å². The molecule has 2 heterocycles. The van der Waals surface area contributed by atoms with E-state index in [4.69, 9.17) is 13.9 Å². The molecule has 2 aromatic rings. The Morgan fingerprint density at radius 3 is 2.96 bits per heavy atom. The maximum atomic E-state index is 11.6. The average molecular weight is 314 g/mol. The fraction of sp³-hybridized carbons (Fsp3) is 0.235. The summed E-state index contributed by atoms with van der Waals surface area (Å²) in [4.78, 5) is 11.6. The molecule has 1 aliphatic rings. The van der Waals surface area contributed by atoms with Crippen LogP contribution < -0.4 is 20.1 Å². The van der Waals surface area contributed by atoms with Crippen molar-refractivity contribution in [2.75, 3.05) is 26.4 Å². The summed E-state index contributed by atoms with van der Waals surface area (Å²) >= 11 is 0. The first-order valence-corrected chi connectivity index (χ1v) is 7.41. The Morgan fingerprint density at radius 2 is 2.09 bits per heavy atom. The molecule has 0 radical (unpaired) electrons. The van der Waals surface area contributed by atoms with Gasteiger partial charge in [0.1, 0.15) is 0 Å². The smallest absolute Gasteiger partial charge is 0.287 e. The van der Waals surface area contributed by atoms with E-state index in [2.05, 4.69) is 10.6 Å². The molecule has 0 fully saturated rings. The van der Waals surface area contributed by atoms with Gasteiger partial charge in [-0.05, 0) is 29.8 Å². The van der Waals surface area contributed by atoms with E-state index < -0.39 is 0 Å². The Morgan fingerprint density at radius 1 is 1.17 bits per heavy atom. The number of benzene rings is 1. The SMILES string of the molecule is O=C(NCCNC/C=C/c1ccc2c(c1)OCO2)c1ccco1. The van der Waals surface area contributed by atoms with Gasteiger partial charge in [0.05, 0.1) is 6.26 Å². The molecule has 23 heavy (non-hydrogen) atoms. The van der Waals surface area contributed by atoms with Crippen LogP contribution in [0.4, 0.5) is 0 Å². The molecule has 0 bridgehead atoms. The summed E-state index contributed by atoms with van der Waals surface area (Å²) in [6, 6.07) is 9.15. The number of nitrogens with one attached hydrogen (secondary N) is 2. The molecular formula is C17H18N2O4. The van der Waals surface area contributed by atoms with Gasteiger partial charge in [-0.15, -0.1) is 0 Å². The summed E-state index contributed by atoms with van der Waals surface area (Å²) in [5.74, 6) is 1.69. The summed E-state index contributed by atoms with van der Waals surface area (Å²) in [6.45, 7) is 2.22. The van der Waals surface area contributed by atoms with Crippen molar-refractivity contribution in [2.24, 2.45) is 0 Å². The molecule has 0 aliphatic carbocycles. The summed E-state index contributed by atoms with van der Waals surface area (Å²) in [7, 11) is 0. The zero-order valence-corrected chi connectivity index (χ0v) is 12.6. The molecule has 1 aromatic heterocycles. The van der Waals surface area contributed by atoms with Gasteiger partial charge in [-0.3, -0.25) is 4.79 Å². The van der Waals surface area contributed by atoms with E-state index in [1.807, 2.05) is 30.4 Å². The summed E-state index contributed by atoms with van der Waals surface area (Å²) in [5, 5.41) is 5.99. The Hall–Kier alpha value is -2.73. The van der Waals surface area contributed by atoms with Crippen molar-refractivity contribution in [3.05, 3.63) is 54.0 Å². The number of rotatable bonds is 7. The number of furan rings is 1. The van der Waals surface area contributed by atoms with Crippen LogP contribution in [0.5, 0.6) is 11.5 Å². The molecule has 6 nitrogen and oxygen atoms in total. The van der Waals surface area contributed by atoms with Crippen LogP contribution in [-0.4, -0.2) is 32.3 Å². The first-order valence-electron chi connectivity index (χ1n) is 7.41. The van der Waals surface area contributed by atoms with E-state index in [9.17, 15) is 4.79 Å². The van der Waals surface area contributed by atoms with Gasteiger partial charge in [-0.2, -0.15) is 0 Å². The fourth-order valence-corrected chi connectivity index (χ4v) is 2.16. The third-order valence-electron chi connectivity index (χ3n) is 3.30. The van der Waals surface area contributed by atoms with Gasteiger partial charge in [0.15, 0.2) is 17.3 Å². The molecule has 0 unspecified atom stereocenters. The largest absolute Gasteiger partial charge is 0.459 e. The normalized spacial score (nSPS) is 12.7. The minimum Gasteiger partial charge on any atom is -0.459 e. The van der Waals surface area contributed by atoms with Crippen molar-refractivity contribution in [3.63, 3.8) is 0 Å². The number of carbonyl (C=O) groups is 1. The number of hydrogen-bond donors (Lipinski definition) is 2. The Labute approximate surface area is 134 Å². The highest BCUT2D eigenvalue weighted by Gasteiger charge is 2.12. The molecule has 6 heteroatoms. The monoisotopic (exact) mass is 314 g/mol. The summed E-state index contributed by atoms with van der Waals surface area (Å²) in [6.07, 6.45) is 5.51. The fourth-order valence-electron chi connectivity index (χ4n) is 2.16. The minimum absolute atomic E-state index is 0.201. The number of fused-ring (bicyclic) bond motifs is 1. The second kappa shape index (κ2) is 7.51. The van der Waals surface area contributed by atoms with Gasteiger partial charge in [0.2, 0.25) is 6.79 Å². The molecule has 0 spiro atoms. The molecule has 0 saturated heterocycles. The van der Waals surface area contributed by atoms with Gasteiger partial charge < -0.3 is 24.5 Å². The number of hydrogen-bond acceptors (Lipinski definition) is 5. The lowest BCUT2D eigenvalue weighted by molar-refractivity contribution is 0.0926. The van der Waals surface area contributed by atoms with E-state index in [-0.39, 0.29) is 12.7 Å². The second-order valence-corrected chi connectivity index (χ2v) is 4.95. The highest BCUT2D eigenvalue weighted by atomic mass is 16.7. The molecule has 120 valence electrons. The van der Waals surface area contributed by atoms with E-state index in [1.165, 1.54) is 6.26 Å². The van der Waals surface area contributed by atoms with E-state index >= 15 is 0 Å². The van der Waals surface area contributed by atoms with Crippen molar-refractivity contribution in [1.29, 1.82) is 0 Å². The topological polar surface area (TPSA) is 72.7 Å². The van der Waals surface area contributed by atoms with Crippen molar-refractivity contribution < 1.29 is 18.7 Å². The number of carbonyl (C=O) groups excluding carboxylic acids is 1. The Balaban J connectivity index is 1.33. The predicted molar refractivity (Wildman–Crippen MR) is 85.5 cm³/mol. The molecule has 3 rings (SSSR count). The van der Waals surface area contributed by atoms with Crippen LogP contribution in [0.25, 0.3) is 6.08 Å². The van der Waals surface area contributed by atoms with Crippen LogP contribution in [0.15, 0.2) is 47.1 Å². The van der Waals surface area contributed by atoms with E-state index in [1.54, 1.807) is 12.1 Å². The Bertz CT molecular complexity index is 680. The predicted octanol–water partition coefficient (Wildman–Crippen LogP) is 2.04. The zero-order valence-electron chi connectivity index (χ0n) is 12.6. The quantitative estimate of drug-likeness (QED) is 0.765. The van der Waals surface area contributed by atoms with Gasteiger partial charge in [-0.1, -0.05) is 18.2 Å². The molecule has 2 N–H and O–H groups in total. The van der Waals surface area contributed by atoms with Gasteiger partial charge in [-0.25, -0.2) is 0 Å². The molecule has 0 saturated carbocycles. The van der Waals surface area contributed by atoms with Crippen LogP contribution in [-0.2, 0) is 0 Å². The Kier molecular flexibility index (Phi) is 4.95. The zero-order chi connectivity index (χ0) is 15.9. The minimum atomic E-state index is -0.201. The van der Waals surface area contributed by atoms with Crippen molar-refractivity contribution in [2.45, 2.75) is 0 Å². The van der Waals surface area contributed by atoms with Crippen LogP contribution in [0, 0.1) is 0 Å². The first kappa shape index (κ1) is 15.2. The summed E-state index contributed by atoms with van der Waals surface area (Å²) in [5.41, 5.74) is 1.06. The number of amides is 1. The third-order valence-corrected chi connectivity index (χ3v) is 3.30. The van der Waals surface area contributed by atoms with Gasteiger partial charge in [0, 0.05) is 19.6 Å². The van der Waals surface area contributed by atoms with Crippen molar-refractivity contribution in [1.82, 2.24) is 10.6 Å². The average Bonchev–Trinajstić information content (AvgIpc) is 3.24. The van der Waals surface area contributed by atoms with Crippen LogP contribution in [0.3, 0.4) is 0 Å². The molecule has 1 amide bonds. The standard InChI is InChI=1S/C17H18N2O4/c20-17(15-4-2-10-21-15)19-9-8-18-7-1-3-13-5-6-14-16(11-13)23-12-22-14/h1-6,10-11,18H,7-9,12H2,(H,19,20)/b3-1+. The van der Waals surface area contributed by atoms with Crippen LogP contribution in [0.2, 0.25) is 0 Å². The van der Waals surface area contributed by atoms with Gasteiger partial charge >= 0.3 is 0 Å². The van der Waals surface area contributed by atoms with Gasteiger partial charge in [0.25, 0.3) is 5.91 Å². The number of ether oxygens (including phenoxy) is 2. The van der Waals surface area contributed by atoms with Crippen LogP contribution in [0.1, 0.15) is 16.1 Å². The lowest BCUT2D eigenvalue weighted by Gasteiger charge is -2.03. The maximum absolute atomic E-state index is 11.6. The highest BCUT2D eigenvalue weighted by Crippen LogP contribution is 2.32.